The standard InChI is InChI=1S/C14H28ClO7P/c1-13(2,3)7-11(16)19-9-21-23(15,18)22-10-20-12(17)8-14(4,5)6/h11,16H,7-10H2,1-6H3. The van der Waals surface area contributed by atoms with Gasteiger partial charge in [-0.15, -0.1) is 0 Å². The fourth-order valence-corrected chi connectivity index (χ4v) is 2.11. The van der Waals surface area contributed by atoms with Crippen LogP contribution in [0.5, 0.6) is 0 Å². The fourth-order valence-electron chi connectivity index (χ4n) is 1.43. The van der Waals surface area contributed by atoms with Gasteiger partial charge in [0.05, 0.1) is 6.42 Å². The minimum atomic E-state index is -3.95. The van der Waals surface area contributed by atoms with Gasteiger partial charge in [-0.25, -0.2) is 4.57 Å². The summed E-state index contributed by atoms with van der Waals surface area (Å²) in [4.78, 5) is 11.4. The van der Waals surface area contributed by atoms with Crippen molar-refractivity contribution in [3.05, 3.63) is 0 Å². The maximum absolute atomic E-state index is 11.7. The summed E-state index contributed by atoms with van der Waals surface area (Å²) in [5, 5.41) is 9.59. The Balaban J connectivity index is 3.98. The lowest BCUT2D eigenvalue weighted by molar-refractivity contribution is -0.160. The van der Waals surface area contributed by atoms with E-state index >= 15 is 0 Å². The Bertz CT molecular complexity index is 414. The Labute approximate surface area is 142 Å². The number of carbonyl (C=O) groups is 1. The molecule has 0 aliphatic rings. The number of hydrogen-bond donors (Lipinski definition) is 1. The van der Waals surface area contributed by atoms with E-state index in [0.29, 0.717) is 6.42 Å². The second-order valence-electron chi connectivity index (χ2n) is 7.56. The second kappa shape index (κ2) is 9.35. The highest BCUT2D eigenvalue weighted by molar-refractivity contribution is 7.81. The molecule has 9 heteroatoms. The molecule has 0 spiro atoms. The van der Waals surface area contributed by atoms with E-state index in [1.54, 1.807) is 0 Å². The Morgan fingerprint density at radius 3 is 2.09 bits per heavy atom. The summed E-state index contributed by atoms with van der Waals surface area (Å²) in [6.07, 6.45) is -0.517. The average molecular weight is 375 g/mol. The summed E-state index contributed by atoms with van der Waals surface area (Å²) in [5.41, 5.74) is -0.364. The molecule has 0 rings (SSSR count). The number of aliphatic hydroxyl groups is 1. The molecule has 7 nitrogen and oxygen atoms in total. The summed E-state index contributed by atoms with van der Waals surface area (Å²) in [7, 11) is 0. The van der Waals surface area contributed by atoms with E-state index in [0.717, 1.165) is 0 Å². The third-order valence-corrected chi connectivity index (χ3v) is 3.77. The van der Waals surface area contributed by atoms with Crippen molar-refractivity contribution in [2.45, 2.75) is 60.7 Å². The van der Waals surface area contributed by atoms with Gasteiger partial charge >= 0.3 is 12.9 Å². The lowest BCUT2D eigenvalue weighted by atomic mass is 9.92. The highest BCUT2D eigenvalue weighted by atomic mass is 35.7. The van der Waals surface area contributed by atoms with Crippen LogP contribution in [0.2, 0.25) is 0 Å². The Morgan fingerprint density at radius 2 is 1.61 bits per heavy atom. The molecule has 2 unspecified atom stereocenters. The van der Waals surface area contributed by atoms with E-state index in [1.807, 2.05) is 41.5 Å². The molecular weight excluding hydrogens is 347 g/mol. The van der Waals surface area contributed by atoms with Crippen molar-refractivity contribution in [1.29, 1.82) is 0 Å². The highest BCUT2D eigenvalue weighted by Gasteiger charge is 2.24. The number of halogens is 1. The van der Waals surface area contributed by atoms with E-state index in [-0.39, 0.29) is 17.3 Å². The van der Waals surface area contributed by atoms with Crippen LogP contribution in [0.25, 0.3) is 0 Å². The third-order valence-electron chi connectivity index (χ3n) is 2.36. The molecule has 2 atom stereocenters. The third kappa shape index (κ3) is 15.1. The van der Waals surface area contributed by atoms with Gasteiger partial charge in [0.2, 0.25) is 6.79 Å². The van der Waals surface area contributed by atoms with E-state index in [4.69, 9.17) is 29.8 Å². The molecule has 0 aromatic carbocycles. The van der Waals surface area contributed by atoms with Crippen molar-refractivity contribution in [3.63, 3.8) is 0 Å². The molecule has 0 bridgehead atoms. The van der Waals surface area contributed by atoms with Crippen LogP contribution in [-0.2, 0) is 27.9 Å². The average Bonchev–Trinajstić information content (AvgIpc) is 2.22. The van der Waals surface area contributed by atoms with Gasteiger partial charge in [0.25, 0.3) is 0 Å². The van der Waals surface area contributed by atoms with Gasteiger partial charge in [0.1, 0.15) is 0 Å². The number of hydrogen-bond acceptors (Lipinski definition) is 7. The van der Waals surface area contributed by atoms with Crippen LogP contribution in [0.3, 0.4) is 0 Å². The minimum absolute atomic E-state index is 0.137. The van der Waals surface area contributed by atoms with Crippen molar-refractivity contribution in [2.24, 2.45) is 10.8 Å². The zero-order valence-corrected chi connectivity index (χ0v) is 16.3. The van der Waals surface area contributed by atoms with Gasteiger partial charge in [-0.05, 0) is 10.8 Å². The highest BCUT2D eigenvalue weighted by Crippen LogP contribution is 2.53. The molecule has 23 heavy (non-hydrogen) atoms. The van der Waals surface area contributed by atoms with Crippen LogP contribution in [0.4, 0.5) is 0 Å². The van der Waals surface area contributed by atoms with E-state index in [9.17, 15) is 14.5 Å². The molecule has 0 aromatic rings. The van der Waals surface area contributed by atoms with Gasteiger partial charge in [-0.1, -0.05) is 41.5 Å². The zero-order valence-electron chi connectivity index (χ0n) is 14.6. The predicted octanol–water partition coefficient (Wildman–Crippen LogP) is 4.03. The first kappa shape index (κ1) is 22.8. The minimum Gasteiger partial charge on any atom is -0.438 e. The molecule has 138 valence electrons. The zero-order chi connectivity index (χ0) is 18.3. The lowest BCUT2D eigenvalue weighted by Crippen LogP contribution is -2.21. The van der Waals surface area contributed by atoms with E-state index in [2.05, 4.69) is 0 Å². The Hall–Kier alpha value is -0.170. The molecule has 0 aliphatic heterocycles. The number of rotatable bonds is 9. The number of esters is 1. The molecule has 0 fully saturated rings. The first-order chi connectivity index (χ1) is 10.2. The second-order valence-corrected chi connectivity index (χ2v) is 10.2. The quantitative estimate of drug-likeness (QED) is 0.370. The van der Waals surface area contributed by atoms with Crippen molar-refractivity contribution >= 4 is 24.2 Å². The van der Waals surface area contributed by atoms with Crippen molar-refractivity contribution < 1.29 is 33.0 Å². The number of aliphatic hydroxyl groups excluding tert-OH is 1. The lowest BCUT2D eigenvalue weighted by Gasteiger charge is -2.22. The van der Waals surface area contributed by atoms with Crippen LogP contribution >= 0.6 is 18.2 Å². The van der Waals surface area contributed by atoms with Crippen LogP contribution in [0, 0.1) is 10.8 Å². The summed E-state index contributed by atoms with van der Waals surface area (Å²) in [6, 6.07) is 0. The van der Waals surface area contributed by atoms with Gasteiger partial charge in [0.15, 0.2) is 13.1 Å². The molecule has 0 saturated carbocycles. The largest absolute Gasteiger partial charge is 0.438 e. The molecular formula is C14H28ClO7P. The van der Waals surface area contributed by atoms with Gasteiger partial charge in [0, 0.05) is 17.7 Å². The predicted molar refractivity (Wildman–Crippen MR) is 86.7 cm³/mol. The van der Waals surface area contributed by atoms with Gasteiger partial charge in [-0.2, -0.15) is 0 Å². The topological polar surface area (TPSA) is 91.3 Å². The molecule has 0 aromatic heterocycles. The fraction of sp³-hybridized carbons (Fsp3) is 0.929. The monoisotopic (exact) mass is 374 g/mol. The van der Waals surface area contributed by atoms with E-state index < -0.39 is 32.8 Å². The van der Waals surface area contributed by atoms with Crippen molar-refractivity contribution in [2.75, 3.05) is 13.6 Å². The van der Waals surface area contributed by atoms with Crippen LogP contribution in [0.1, 0.15) is 54.4 Å². The maximum Gasteiger partial charge on any atom is 0.429 e. The van der Waals surface area contributed by atoms with Gasteiger partial charge in [-0.3, -0.25) is 13.8 Å². The first-order valence-corrected chi connectivity index (χ1v) is 9.69. The van der Waals surface area contributed by atoms with Crippen LogP contribution in [-0.4, -0.2) is 31.0 Å². The molecule has 0 amide bonds. The summed E-state index contributed by atoms with van der Waals surface area (Å²) < 4.78 is 30.8. The summed E-state index contributed by atoms with van der Waals surface area (Å²) in [6.45, 7) is 6.40. The number of carbonyl (C=O) groups excluding carboxylic acids is 1. The van der Waals surface area contributed by atoms with Gasteiger partial charge < -0.3 is 14.6 Å². The Kier molecular flexibility index (Phi) is 9.28. The molecule has 0 saturated heterocycles. The van der Waals surface area contributed by atoms with Crippen LogP contribution in [0.15, 0.2) is 0 Å². The molecule has 0 heterocycles. The molecule has 0 radical (unpaired) electrons. The summed E-state index contributed by atoms with van der Waals surface area (Å²) in [5.74, 6) is -0.494. The number of ether oxygens (including phenoxy) is 2. The van der Waals surface area contributed by atoms with Crippen molar-refractivity contribution in [3.8, 4) is 0 Å². The molecule has 0 aliphatic carbocycles. The van der Waals surface area contributed by atoms with Crippen molar-refractivity contribution in [1.82, 2.24) is 0 Å². The smallest absolute Gasteiger partial charge is 0.429 e. The first-order valence-electron chi connectivity index (χ1n) is 7.24. The normalized spacial score (nSPS) is 16.7. The SMILES string of the molecule is CC(C)(C)CC(=O)OCOP(=O)(Cl)OCOC(O)CC(C)(C)C. The Morgan fingerprint density at radius 1 is 1.09 bits per heavy atom. The summed E-state index contributed by atoms with van der Waals surface area (Å²) >= 11 is 5.53. The molecule has 1 N–H and O–H groups in total. The van der Waals surface area contributed by atoms with E-state index in [1.165, 1.54) is 0 Å². The van der Waals surface area contributed by atoms with Crippen LogP contribution < -0.4 is 0 Å². The maximum atomic E-state index is 11.7.